The van der Waals surface area contributed by atoms with Crippen molar-refractivity contribution < 1.29 is 9.53 Å². The zero-order valence-corrected chi connectivity index (χ0v) is 9.58. The quantitative estimate of drug-likeness (QED) is 0.721. The number of fused-ring (bicyclic) bond motifs is 1. The van der Waals surface area contributed by atoms with Crippen molar-refractivity contribution in [3.63, 3.8) is 0 Å². The predicted octanol–water partition coefficient (Wildman–Crippen LogP) is 2.63. The molecule has 2 aliphatic rings. The Hall–Kier alpha value is -1.31. The van der Waals surface area contributed by atoms with Crippen molar-refractivity contribution in [1.29, 1.82) is 0 Å². The average molecular weight is 216 g/mol. The predicted molar refractivity (Wildman–Crippen MR) is 61.9 cm³/mol. The summed E-state index contributed by atoms with van der Waals surface area (Å²) in [6, 6.07) is 6.35. The lowest BCUT2D eigenvalue weighted by Gasteiger charge is -2.25. The molecule has 0 spiro atoms. The van der Waals surface area contributed by atoms with Crippen molar-refractivity contribution in [3.05, 3.63) is 29.3 Å². The van der Waals surface area contributed by atoms with E-state index < -0.39 is 0 Å². The van der Waals surface area contributed by atoms with Crippen LogP contribution in [-0.4, -0.2) is 12.4 Å². The second kappa shape index (κ2) is 3.34. The van der Waals surface area contributed by atoms with Gasteiger partial charge in [-0.15, -0.1) is 0 Å². The summed E-state index contributed by atoms with van der Waals surface area (Å²) >= 11 is 0. The number of ketones is 1. The highest BCUT2D eigenvalue weighted by Gasteiger charge is 2.38. The number of Topliss-reactive ketones (excluding diaryl/α,β-unsaturated/α-hetero) is 1. The molecule has 1 aliphatic heterocycles. The van der Waals surface area contributed by atoms with Crippen LogP contribution in [0.25, 0.3) is 0 Å². The van der Waals surface area contributed by atoms with Crippen molar-refractivity contribution in [1.82, 2.24) is 0 Å². The lowest BCUT2D eigenvalue weighted by atomic mass is 9.80. The fraction of sp³-hybridized carbons (Fsp3) is 0.500. The molecule has 1 fully saturated rings. The number of hydrogen-bond acceptors (Lipinski definition) is 2. The Morgan fingerprint density at radius 2 is 2.19 bits per heavy atom. The van der Waals surface area contributed by atoms with Gasteiger partial charge in [0.05, 0.1) is 6.61 Å². The van der Waals surface area contributed by atoms with E-state index >= 15 is 0 Å². The standard InChI is InChI=1S/C14H16O2/c1-14(7-5-11(15)9-14)12-4-2-3-10-6-8-16-13(10)12/h2-4H,5-9H2,1H3. The van der Waals surface area contributed by atoms with E-state index in [0.29, 0.717) is 12.2 Å². The average Bonchev–Trinajstić information content (AvgIpc) is 2.85. The van der Waals surface area contributed by atoms with E-state index in [1.165, 1.54) is 11.1 Å². The van der Waals surface area contributed by atoms with Gasteiger partial charge >= 0.3 is 0 Å². The lowest BCUT2D eigenvalue weighted by molar-refractivity contribution is -0.117. The summed E-state index contributed by atoms with van der Waals surface area (Å²) in [6.45, 7) is 2.98. The number of rotatable bonds is 1. The van der Waals surface area contributed by atoms with E-state index in [-0.39, 0.29) is 5.41 Å². The van der Waals surface area contributed by atoms with Crippen molar-refractivity contribution in [2.24, 2.45) is 0 Å². The fourth-order valence-electron chi connectivity index (χ4n) is 2.95. The van der Waals surface area contributed by atoms with E-state index in [9.17, 15) is 4.79 Å². The zero-order valence-electron chi connectivity index (χ0n) is 9.58. The van der Waals surface area contributed by atoms with Crippen LogP contribution < -0.4 is 4.74 Å². The molecule has 16 heavy (non-hydrogen) atoms. The largest absolute Gasteiger partial charge is 0.493 e. The van der Waals surface area contributed by atoms with Gasteiger partial charge in [0.15, 0.2) is 0 Å². The molecule has 1 saturated carbocycles. The summed E-state index contributed by atoms with van der Waals surface area (Å²) in [5.74, 6) is 1.44. The van der Waals surface area contributed by atoms with Crippen LogP contribution in [0.3, 0.4) is 0 Å². The number of carbonyl (C=O) groups is 1. The first kappa shape index (κ1) is 9.88. The molecule has 2 nitrogen and oxygen atoms in total. The third-order valence-corrected chi connectivity index (χ3v) is 3.91. The van der Waals surface area contributed by atoms with Gasteiger partial charge in [-0.25, -0.2) is 0 Å². The monoisotopic (exact) mass is 216 g/mol. The van der Waals surface area contributed by atoms with Crippen LogP contribution in [0, 0.1) is 0 Å². The minimum Gasteiger partial charge on any atom is -0.493 e. The second-order valence-electron chi connectivity index (χ2n) is 5.17. The Morgan fingerprint density at radius 1 is 1.31 bits per heavy atom. The minimum absolute atomic E-state index is 0.00671. The molecule has 1 heterocycles. The summed E-state index contributed by atoms with van der Waals surface area (Å²) in [7, 11) is 0. The van der Waals surface area contributed by atoms with Gasteiger partial charge in [-0.3, -0.25) is 4.79 Å². The first-order chi connectivity index (χ1) is 7.69. The number of para-hydroxylation sites is 1. The summed E-state index contributed by atoms with van der Waals surface area (Å²) in [5.41, 5.74) is 2.55. The Bertz CT molecular complexity index is 450. The highest BCUT2D eigenvalue weighted by molar-refractivity contribution is 5.83. The summed E-state index contributed by atoms with van der Waals surface area (Å²) in [6.07, 6.45) is 3.37. The zero-order chi connectivity index (χ0) is 11.2. The normalized spacial score (nSPS) is 27.9. The number of hydrogen-bond donors (Lipinski definition) is 0. The molecular formula is C14H16O2. The van der Waals surface area contributed by atoms with Crippen LogP contribution >= 0.6 is 0 Å². The lowest BCUT2D eigenvalue weighted by Crippen LogP contribution is -2.18. The van der Waals surface area contributed by atoms with Crippen molar-refractivity contribution in [2.45, 2.75) is 38.0 Å². The summed E-state index contributed by atoms with van der Waals surface area (Å²) < 4.78 is 5.73. The Labute approximate surface area is 95.6 Å². The molecule has 1 aromatic carbocycles. The van der Waals surface area contributed by atoms with Crippen LogP contribution in [0.15, 0.2) is 18.2 Å². The van der Waals surface area contributed by atoms with Gasteiger partial charge in [-0.05, 0) is 12.0 Å². The third kappa shape index (κ3) is 1.36. The second-order valence-corrected chi connectivity index (χ2v) is 5.17. The van der Waals surface area contributed by atoms with Crippen LogP contribution in [0.2, 0.25) is 0 Å². The molecule has 3 rings (SSSR count). The molecule has 84 valence electrons. The molecular weight excluding hydrogens is 200 g/mol. The van der Waals surface area contributed by atoms with Crippen LogP contribution in [-0.2, 0) is 16.6 Å². The maximum atomic E-state index is 11.5. The topological polar surface area (TPSA) is 26.3 Å². The highest BCUT2D eigenvalue weighted by atomic mass is 16.5. The molecule has 1 aromatic rings. The van der Waals surface area contributed by atoms with Crippen molar-refractivity contribution in [3.8, 4) is 5.75 Å². The summed E-state index contributed by atoms with van der Waals surface area (Å²) in [5, 5.41) is 0. The molecule has 1 atom stereocenters. The van der Waals surface area contributed by atoms with Crippen molar-refractivity contribution in [2.75, 3.05) is 6.61 Å². The first-order valence-corrected chi connectivity index (χ1v) is 5.96. The third-order valence-electron chi connectivity index (χ3n) is 3.91. The highest BCUT2D eigenvalue weighted by Crippen LogP contribution is 2.45. The van der Waals surface area contributed by atoms with E-state index in [4.69, 9.17) is 4.74 Å². The molecule has 0 amide bonds. The van der Waals surface area contributed by atoms with Gasteiger partial charge < -0.3 is 4.74 Å². The molecule has 0 saturated heterocycles. The first-order valence-electron chi connectivity index (χ1n) is 5.96. The van der Waals surface area contributed by atoms with Crippen LogP contribution in [0.5, 0.6) is 5.75 Å². The van der Waals surface area contributed by atoms with Crippen LogP contribution in [0.1, 0.15) is 37.3 Å². The van der Waals surface area contributed by atoms with Gasteiger partial charge in [0.1, 0.15) is 11.5 Å². The molecule has 2 heteroatoms. The maximum absolute atomic E-state index is 11.5. The van der Waals surface area contributed by atoms with Gasteiger partial charge in [-0.2, -0.15) is 0 Å². The summed E-state index contributed by atoms with van der Waals surface area (Å²) in [4.78, 5) is 11.5. The van der Waals surface area contributed by atoms with E-state index in [0.717, 1.165) is 31.6 Å². The minimum atomic E-state index is 0.00671. The van der Waals surface area contributed by atoms with E-state index in [1.807, 2.05) is 0 Å². The van der Waals surface area contributed by atoms with E-state index in [2.05, 4.69) is 25.1 Å². The number of ether oxygens (including phenoxy) is 1. The molecule has 0 radical (unpaired) electrons. The molecule has 1 unspecified atom stereocenters. The van der Waals surface area contributed by atoms with Gasteiger partial charge in [0, 0.05) is 30.2 Å². The Morgan fingerprint density at radius 3 is 2.94 bits per heavy atom. The van der Waals surface area contributed by atoms with Crippen molar-refractivity contribution >= 4 is 5.78 Å². The van der Waals surface area contributed by atoms with Gasteiger partial charge in [0.25, 0.3) is 0 Å². The smallest absolute Gasteiger partial charge is 0.133 e. The fourth-order valence-corrected chi connectivity index (χ4v) is 2.95. The number of carbonyl (C=O) groups excluding carboxylic acids is 1. The Balaban J connectivity index is 2.07. The van der Waals surface area contributed by atoms with E-state index in [1.54, 1.807) is 0 Å². The maximum Gasteiger partial charge on any atom is 0.133 e. The Kier molecular flexibility index (Phi) is 2.06. The molecule has 0 N–H and O–H groups in total. The molecule has 0 aromatic heterocycles. The molecule has 1 aliphatic carbocycles. The SMILES string of the molecule is CC1(c2cccc3c2OCC3)CCC(=O)C1. The van der Waals surface area contributed by atoms with Crippen LogP contribution in [0.4, 0.5) is 0 Å². The number of benzene rings is 1. The van der Waals surface area contributed by atoms with Gasteiger partial charge in [0.2, 0.25) is 0 Å². The molecule has 0 bridgehead atoms. The van der Waals surface area contributed by atoms with Gasteiger partial charge in [-0.1, -0.05) is 25.1 Å².